The zero-order valence-corrected chi connectivity index (χ0v) is 16.5. The number of carbonyl (C=O) groups excluding carboxylic acids is 2. The Kier molecular flexibility index (Phi) is 6.96. The Bertz CT molecular complexity index is 833. The quantitative estimate of drug-likeness (QED) is 0.695. The van der Waals surface area contributed by atoms with Crippen LogP contribution in [-0.4, -0.2) is 39.5 Å². The van der Waals surface area contributed by atoms with Crippen molar-refractivity contribution < 1.29 is 24.0 Å². The van der Waals surface area contributed by atoms with Crippen molar-refractivity contribution >= 4 is 17.4 Å². The van der Waals surface area contributed by atoms with Crippen LogP contribution in [0.3, 0.4) is 0 Å². The number of hydrogen-bond donors (Lipinski definition) is 2. The molecule has 1 unspecified atom stereocenters. The van der Waals surface area contributed by atoms with Gasteiger partial charge in [0.05, 0.1) is 27.0 Å². The molecular formula is C21H27N2O4+. The van der Waals surface area contributed by atoms with Crippen LogP contribution in [0.4, 0.5) is 5.69 Å². The van der Waals surface area contributed by atoms with E-state index in [0.717, 1.165) is 16.0 Å². The fraction of sp³-hybridized carbons (Fsp3) is 0.333. The van der Waals surface area contributed by atoms with E-state index in [1.807, 2.05) is 26.1 Å². The lowest BCUT2D eigenvalue weighted by Crippen LogP contribution is -3.08. The number of amides is 1. The van der Waals surface area contributed by atoms with Crippen molar-refractivity contribution in [3.05, 3.63) is 53.1 Å². The van der Waals surface area contributed by atoms with Crippen molar-refractivity contribution in [1.82, 2.24) is 0 Å². The number of nitrogens with one attached hydrogen (secondary N) is 2. The second-order valence-corrected chi connectivity index (χ2v) is 6.59. The Labute approximate surface area is 160 Å². The summed E-state index contributed by atoms with van der Waals surface area (Å²) in [4.78, 5) is 25.1. The predicted octanol–water partition coefficient (Wildman–Crippen LogP) is 1.87. The third-order valence-electron chi connectivity index (χ3n) is 4.38. The standard InChI is InChI=1S/C21H26N2O4/c1-14-10-19(26-4)20(27-5)11-16(14)12-23(3)13-21(25)22-18-9-7-6-8-17(18)15(2)24/h6-11H,12-13H2,1-5H3,(H,22,25)/p+1. The maximum absolute atomic E-state index is 12.4. The number of carbonyl (C=O) groups is 2. The van der Waals surface area contributed by atoms with Crippen molar-refractivity contribution in [2.45, 2.75) is 20.4 Å². The van der Waals surface area contributed by atoms with E-state index in [2.05, 4.69) is 5.32 Å². The van der Waals surface area contributed by atoms with Gasteiger partial charge in [-0.3, -0.25) is 9.59 Å². The van der Waals surface area contributed by atoms with Crippen molar-refractivity contribution in [3.63, 3.8) is 0 Å². The lowest BCUT2D eigenvalue weighted by Gasteiger charge is -2.17. The highest BCUT2D eigenvalue weighted by atomic mass is 16.5. The van der Waals surface area contributed by atoms with Gasteiger partial charge in [0.1, 0.15) is 6.54 Å². The number of aryl methyl sites for hydroxylation is 1. The third-order valence-corrected chi connectivity index (χ3v) is 4.38. The van der Waals surface area contributed by atoms with Crippen molar-refractivity contribution in [2.75, 3.05) is 33.1 Å². The molecule has 0 aliphatic rings. The van der Waals surface area contributed by atoms with Crippen molar-refractivity contribution in [3.8, 4) is 11.5 Å². The monoisotopic (exact) mass is 371 g/mol. The van der Waals surface area contributed by atoms with Gasteiger partial charge in [0.2, 0.25) is 0 Å². The average molecular weight is 371 g/mol. The summed E-state index contributed by atoms with van der Waals surface area (Å²) in [6.45, 7) is 4.43. The molecule has 144 valence electrons. The molecule has 2 aromatic rings. The molecule has 2 aromatic carbocycles. The van der Waals surface area contributed by atoms with Gasteiger partial charge in [0.15, 0.2) is 23.8 Å². The molecule has 0 spiro atoms. The molecule has 1 amide bonds. The number of hydrogen-bond acceptors (Lipinski definition) is 4. The van der Waals surface area contributed by atoms with Crippen LogP contribution >= 0.6 is 0 Å². The number of anilines is 1. The molecule has 0 bridgehead atoms. The Balaban J connectivity index is 2.05. The zero-order chi connectivity index (χ0) is 20.0. The highest BCUT2D eigenvalue weighted by Gasteiger charge is 2.16. The molecular weight excluding hydrogens is 344 g/mol. The minimum atomic E-state index is -0.140. The summed E-state index contributed by atoms with van der Waals surface area (Å²) in [6.07, 6.45) is 0. The Morgan fingerprint density at radius 3 is 2.33 bits per heavy atom. The maximum atomic E-state index is 12.4. The van der Waals surface area contributed by atoms with Gasteiger partial charge in [-0.05, 0) is 43.7 Å². The SMILES string of the molecule is COc1cc(C)c(C[NH+](C)CC(=O)Nc2ccccc2C(C)=O)cc1OC. The minimum absolute atomic E-state index is 0.0763. The molecule has 0 aliphatic heterocycles. The van der Waals surface area contributed by atoms with E-state index < -0.39 is 0 Å². The van der Waals surface area contributed by atoms with E-state index >= 15 is 0 Å². The largest absolute Gasteiger partial charge is 0.493 e. The molecule has 0 radical (unpaired) electrons. The maximum Gasteiger partial charge on any atom is 0.279 e. The molecule has 2 N–H and O–H groups in total. The first kappa shape index (κ1) is 20.5. The molecule has 0 aromatic heterocycles. The molecule has 27 heavy (non-hydrogen) atoms. The summed E-state index contributed by atoms with van der Waals surface area (Å²) >= 11 is 0. The van der Waals surface area contributed by atoms with Gasteiger partial charge >= 0.3 is 0 Å². The van der Waals surface area contributed by atoms with Crippen LogP contribution < -0.4 is 19.7 Å². The van der Waals surface area contributed by atoms with Crippen LogP contribution in [-0.2, 0) is 11.3 Å². The predicted molar refractivity (Wildman–Crippen MR) is 105 cm³/mol. The number of para-hydroxylation sites is 1. The normalized spacial score (nSPS) is 11.6. The molecule has 0 aliphatic carbocycles. The fourth-order valence-electron chi connectivity index (χ4n) is 2.97. The summed E-state index contributed by atoms with van der Waals surface area (Å²) in [5.74, 6) is 1.15. The zero-order valence-electron chi connectivity index (χ0n) is 16.5. The topological polar surface area (TPSA) is 69.1 Å². The van der Waals surface area contributed by atoms with E-state index in [-0.39, 0.29) is 18.2 Å². The van der Waals surface area contributed by atoms with Gasteiger partial charge in [-0.25, -0.2) is 0 Å². The lowest BCUT2D eigenvalue weighted by atomic mass is 10.1. The molecule has 0 saturated carbocycles. The Morgan fingerprint density at radius 2 is 1.70 bits per heavy atom. The first-order valence-electron chi connectivity index (χ1n) is 8.78. The average Bonchev–Trinajstić information content (AvgIpc) is 2.63. The highest BCUT2D eigenvalue weighted by Crippen LogP contribution is 2.29. The van der Waals surface area contributed by atoms with E-state index in [0.29, 0.717) is 29.3 Å². The molecule has 0 saturated heterocycles. The number of likely N-dealkylation sites (N-methyl/N-ethyl adjacent to an activating group) is 1. The molecule has 0 heterocycles. The summed E-state index contributed by atoms with van der Waals surface area (Å²) in [6, 6.07) is 10.9. The van der Waals surface area contributed by atoms with Crippen molar-refractivity contribution in [2.24, 2.45) is 0 Å². The summed E-state index contributed by atoms with van der Waals surface area (Å²) < 4.78 is 10.7. The molecule has 6 nitrogen and oxygen atoms in total. The van der Waals surface area contributed by atoms with Gasteiger partial charge in [-0.2, -0.15) is 0 Å². The molecule has 1 atom stereocenters. The van der Waals surface area contributed by atoms with Gasteiger partial charge in [-0.1, -0.05) is 12.1 Å². The van der Waals surface area contributed by atoms with Crippen LogP contribution in [0.1, 0.15) is 28.4 Å². The van der Waals surface area contributed by atoms with Crippen LogP contribution in [0.5, 0.6) is 11.5 Å². The number of rotatable bonds is 8. The summed E-state index contributed by atoms with van der Waals surface area (Å²) in [7, 11) is 5.16. The molecule has 2 rings (SSSR count). The van der Waals surface area contributed by atoms with Gasteiger partial charge in [0, 0.05) is 11.1 Å². The Hall–Kier alpha value is -2.86. The van der Waals surface area contributed by atoms with E-state index in [9.17, 15) is 9.59 Å². The second kappa shape index (κ2) is 9.19. The summed E-state index contributed by atoms with van der Waals surface area (Å²) in [5.41, 5.74) is 3.22. The van der Waals surface area contributed by atoms with Crippen LogP contribution in [0, 0.1) is 6.92 Å². The third kappa shape index (κ3) is 5.31. The van der Waals surface area contributed by atoms with E-state index in [1.165, 1.54) is 6.92 Å². The highest BCUT2D eigenvalue weighted by molar-refractivity contribution is 6.03. The minimum Gasteiger partial charge on any atom is -0.493 e. The lowest BCUT2D eigenvalue weighted by molar-refractivity contribution is -0.885. The first-order valence-corrected chi connectivity index (χ1v) is 8.78. The van der Waals surface area contributed by atoms with E-state index in [1.54, 1.807) is 38.5 Å². The van der Waals surface area contributed by atoms with Crippen LogP contribution in [0.25, 0.3) is 0 Å². The number of quaternary nitrogens is 1. The van der Waals surface area contributed by atoms with Crippen molar-refractivity contribution in [1.29, 1.82) is 0 Å². The molecule has 6 heteroatoms. The smallest absolute Gasteiger partial charge is 0.279 e. The fourth-order valence-corrected chi connectivity index (χ4v) is 2.97. The van der Waals surface area contributed by atoms with Crippen LogP contribution in [0.15, 0.2) is 36.4 Å². The first-order chi connectivity index (χ1) is 12.8. The summed E-state index contributed by atoms with van der Waals surface area (Å²) in [5, 5.41) is 2.84. The van der Waals surface area contributed by atoms with Gasteiger partial charge in [0.25, 0.3) is 5.91 Å². The second-order valence-electron chi connectivity index (χ2n) is 6.59. The number of ether oxygens (including phenoxy) is 2. The van der Waals surface area contributed by atoms with E-state index in [4.69, 9.17) is 9.47 Å². The number of ketones is 1. The number of benzene rings is 2. The van der Waals surface area contributed by atoms with Crippen LogP contribution in [0.2, 0.25) is 0 Å². The van der Waals surface area contributed by atoms with Gasteiger partial charge in [-0.15, -0.1) is 0 Å². The van der Waals surface area contributed by atoms with Gasteiger partial charge < -0.3 is 19.7 Å². The molecule has 0 fully saturated rings. The number of methoxy groups -OCH3 is 2. The number of Topliss-reactive ketones (excluding diaryl/α,β-unsaturated/α-hetero) is 1. The Morgan fingerprint density at radius 1 is 1.07 bits per heavy atom.